The fraction of sp³-hybridized carbons (Fsp3) is 0.256. The van der Waals surface area contributed by atoms with Crippen LogP contribution in [0.4, 0.5) is 17.1 Å². The van der Waals surface area contributed by atoms with Gasteiger partial charge in [0.2, 0.25) is 11.8 Å². The predicted octanol–water partition coefficient (Wildman–Crippen LogP) is 3.71. The maximum Gasteiger partial charge on any atom is 0.262 e. The Balaban J connectivity index is 0.778. The Labute approximate surface area is 337 Å². The molecule has 300 valence electrons. The molecule has 5 N–H and O–H groups in total. The van der Waals surface area contributed by atoms with Crippen LogP contribution in [0, 0.1) is 0 Å². The number of ether oxygens (including phenoxy) is 1. The number of imide groups is 2. The Morgan fingerprint density at radius 2 is 1.41 bits per heavy atom. The van der Waals surface area contributed by atoms with Crippen molar-refractivity contribution in [1.82, 2.24) is 20.4 Å². The van der Waals surface area contributed by atoms with Gasteiger partial charge in [0.1, 0.15) is 11.8 Å². The van der Waals surface area contributed by atoms with Gasteiger partial charge in [0.05, 0.1) is 16.8 Å². The van der Waals surface area contributed by atoms with Gasteiger partial charge in [-0.3, -0.25) is 48.6 Å². The topological polar surface area (TPSA) is 212 Å². The Morgan fingerprint density at radius 1 is 0.712 bits per heavy atom. The molecule has 16 heteroatoms. The number of hydrogen-bond donors (Lipinski definition) is 5. The van der Waals surface area contributed by atoms with Gasteiger partial charge >= 0.3 is 0 Å². The highest BCUT2D eigenvalue weighted by Crippen LogP contribution is 2.34. The molecule has 0 spiro atoms. The predicted molar refractivity (Wildman–Crippen MR) is 213 cm³/mol. The minimum absolute atomic E-state index is 0.0435. The highest BCUT2D eigenvalue weighted by Gasteiger charge is 2.44. The summed E-state index contributed by atoms with van der Waals surface area (Å²) in [6.45, 7) is 1.07. The van der Waals surface area contributed by atoms with E-state index in [2.05, 4.69) is 26.6 Å². The first-order chi connectivity index (χ1) is 28.5. The number of nitrogens with one attached hydrogen (secondary N) is 5. The van der Waals surface area contributed by atoms with Gasteiger partial charge in [0.15, 0.2) is 6.61 Å². The van der Waals surface area contributed by atoms with Crippen LogP contribution in [-0.2, 0) is 20.9 Å². The molecule has 4 aromatic rings. The van der Waals surface area contributed by atoms with Crippen LogP contribution in [0.15, 0.2) is 84.9 Å². The molecule has 8 amide bonds. The van der Waals surface area contributed by atoms with Crippen molar-refractivity contribution in [3.05, 3.63) is 118 Å². The molecule has 8 rings (SSSR count). The van der Waals surface area contributed by atoms with Crippen molar-refractivity contribution in [2.75, 3.05) is 35.6 Å². The second-order valence-electron chi connectivity index (χ2n) is 14.7. The summed E-state index contributed by atoms with van der Waals surface area (Å²) in [4.78, 5) is 104. The summed E-state index contributed by atoms with van der Waals surface area (Å²) in [5, 5.41) is 13.8. The van der Waals surface area contributed by atoms with Crippen molar-refractivity contribution in [3.63, 3.8) is 0 Å². The molecule has 0 radical (unpaired) electrons. The van der Waals surface area contributed by atoms with Crippen LogP contribution in [0.2, 0.25) is 0 Å². The minimum atomic E-state index is -1.03. The largest absolute Gasteiger partial charge is 0.482 e. The molecule has 59 heavy (non-hydrogen) atoms. The zero-order chi connectivity index (χ0) is 41.2. The van der Waals surface area contributed by atoms with Gasteiger partial charge in [-0.25, -0.2) is 0 Å². The lowest BCUT2D eigenvalue weighted by Gasteiger charge is -2.27. The molecular formula is C43H39N7O9. The van der Waals surface area contributed by atoms with Crippen LogP contribution in [0.25, 0.3) is 0 Å². The van der Waals surface area contributed by atoms with Crippen LogP contribution < -0.4 is 31.3 Å². The average Bonchev–Trinajstić information content (AvgIpc) is 4.05. The van der Waals surface area contributed by atoms with Gasteiger partial charge in [0, 0.05) is 60.2 Å². The summed E-state index contributed by atoms with van der Waals surface area (Å²) in [6, 6.07) is 22.4. The number of fused-ring (bicyclic) bond motifs is 2. The lowest BCUT2D eigenvalue weighted by Crippen LogP contribution is -2.54. The SMILES string of the molecule is O=C1CCC(N2C(=O)c3ccc(NCCCNC(=O)c4ccc(NC(=O)c5ccc(CN(C(=O)c6ccc7c(c6)OCC(=O)N7)C6CC6)cc5)cc4)cc3C2=O)C(=O)N1. The number of carbonyl (C=O) groups is 8. The van der Waals surface area contributed by atoms with E-state index in [4.69, 9.17) is 4.74 Å². The van der Waals surface area contributed by atoms with E-state index in [1.54, 1.807) is 66.7 Å². The first-order valence-electron chi connectivity index (χ1n) is 19.3. The van der Waals surface area contributed by atoms with E-state index in [1.165, 1.54) is 6.07 Å². The van der Waals surface area contributed by atoms with Crippen LogP contribution >= 0.6 is 0 Å². The second kappa shape index (κ2) is 16.2. The molecule has 0 aromatic heterocycles. The van der Waals surface area contributed by atoms with Crippen molar-refractivity contribution in [2.24, 2.45) is 0 Å². The van der Waals surface area contributed by atoms with Gasteiger partial charge in [-0.2, -0.15) is 0 Å². The molecule has 3 heterocycles. The molecule has 3 aliphatic heterocycles. The van der Waals surface area contributed by atoms with E-state index >= 15 is 0 Å². The fourth-order valence-electron chi connectivity index (χ4n) is 7.20. The maximum atomic E-state index is 13.5. The van der Waals surface area contributed by atoms with Gasteiger partial charge in [-0.15, -0.1) is 0 Å². The summed E-state index contributed by atoms with van der Waals surface area (Å²) in [5.41, 5.74) is 4.18. The third kappa shape index (κ3) is 8.37. The van der Waals surface area contributed by atoms with E-state index in [1.807, 2.05) is 17.0 Å². The Bertz CT molecular complexity index is 2410. The Kier molecular flexibility index (Phi) is 10.6. The number of rotatable bonds is 13. The lowest BCUT2D eigenvalue weighted by atomic mass is 10.0. The smallest absolute Gasteiger partial charge is 0.262 e. The number of amides is 8. The van der Waals surface area contributed by atoms with Crippen LogP contribution in [0.1, 0.15) is 89.5 Å². The molecule has 1 saturated heterocycles. The molecular weight excluding hydrogens is 759 g/mol. The normalized spacial score (nSPS) is 16.9. The van der Waals surface area contributed by atoms with Gasteiger partial charge in [-0.1, -0.05) is 12.1 Å². The zero-order valence-electron chi connectivity index (χ0n) is 31.7. The molecule has 1 atom stereocenters. The van der Waals surface area contributed by atoms with Crippen LogP contribution in [-0.4, -0.2) is 88.8 Å². The number of benzene rings is 4. The van der Waals surface area contributed by atoms with E-state index in [0.29, 0.717) is 65.6 Å². The van der Waals surface area contributed by atoms with E-state index < -0.39 is 29.7 Å². The molecule has 4 aliphatic rings. The third-order valence-electron chi connectivity index (χ3n) is 10.5. The first-order valence-corrected chi connectivity index (χ1v) is 19.3. The van der Waals surface area contributed by atoms with Crippen molar-refractivity contribution in [1.29, 1.82) is 0 Å². The monoisotopic (exact) mass is 797 g/mol. The van der Waals surface area contributed by atoms with Gasteiger partial charge in [-0.05, 0) is 104 Å². The summed E-state index contributed by atoms with van der Waals surface area (Å²) in [6.07, 6.45) is 2.49. The van der Waals surface area contributed by atoms with Crippen molar-refractivity contribution in [3.8, 4) is 5.75 Å². The fourth-order valence-corrected chi connectivity index (χ4v) is 7.20. The number of carbonyl (C=O) groups excluding carboxylic acids is 8. The number of piperidine rings is 1. The van der Waals surface area contributed by atoms with E-state index in [-0.39, 0.29) is 60.2 Å². The summed E-state index contributed by atoms with van der Waals surface area (Å²) in [5.74, 6) is -2.80. The van der Waals surface area contributed by atoms with E-state index in [9.17, 15) is 38.4 Å². The second-order valence-corrected chi connectivity index (χ2v) is 14.7. The third-order valence-corrected chi connectivity index (χ3v) is 10.5. The summed E-state index contributed by atoms with van der Waals surface area (Å²) in [7, 11) is 0. The van der Waals surface area contributed by atoms with Gasteiger partial charge in [0.25, 0.3) is 35.4 Å². The molecule has 16 nitrogen and oxygen atoms in total. The molecule has 4 aromatic carbocycles. The maximum absolute atomic E-state index is 13.5. The van der Waals surface area contributed by atoms with Crippen molar-refractivity contribution in [2.45, 2.75) is 50.7 Å². The van der Waals surface area contributed by atoms with Crippen LogP contribution in [0.5, 0.6) is 5.75 Å². The van der Waals surface area contributed by atoms with Crippen molar-refractivity contribution < 1.29 is 43.1 Å². The summed E-state index contributed by atoms with van der Waals surface area (Å²) >= 11 is 0. The lowest BCUT2D eigenvalue weighted by molar-refractivity contribution is -0.136. The quantitative estimate of drug-likeness (QED) is 0.0978. The molecule has 1 saturated carbocycles. The molecule has 1 aliphatic carbocycles. The minimum Gasteiger partial charge on any atom is -0.482 e. The van der Waals surface area contributed by atoms with E-state index in [0.717, 1.165) is 23.3 Å². The standard InChI is InChI=1S/C43H39N7O9/c51-36-17-16-34(40(55)48-36)50-42(57)31-14-11-29(21-32(31)43(50)58)44-18-1-19-45-38(53)25-6-9-28(10-7-25)46-39(54)26-4-2-24(3-5-26)22-49(30-12-13-30)41(56)27-8-15-33-35(20-27)59-23-37(52)47-33/h2-11,14-15,20-21,30,34,44H,1,12-13,16-19,22-23H2,(H,45,53)(H,46,54)(H,47,52)(H,48,51,55). The molecule has 2 fully saturated rings. The summed E-state index contributed by atoms with van der Waals surface area (Å²) < 4.78 is 5.49. The number of nitrogens with zero attached hydrogens (tertiary/aromatic N) is 2. The van der Waals surface area contributed by atoms with Crippen molar-refractivity contribution >= 4 is 64.3 Å². The van der Waals surface area contributed by atoms with Gasteiger partial charge < -0.3 is 30.9 Å². The first kappa shape index (κ1) is 38.5. The van der Waals surface area contributed by atoms with Crippen LogP contribution in [0.3, 0.4) is 0 Å². The average molecular weight is 798 g/mol. The molecule has 1 unspecified atom stereocenters. The highest BCUT2D eigenvalue weighted by atomic mass is 16.5. The Morgan fingerprint density at radius 3 is 2.15 bits per heavy atom. The number of hydrogen-bond acceptors (Lipinski definition) is 10. The number of anilines is 3. The molecule has 0 bridgehead atoms. The Hall–Kier alpha value is -7.36. The highest BCUT2D eigenvalue weighted by molar-refractivity contribution is 6.23. The zero-order valence-corrected chi connectivity index (χ0v) is 31.7.